The van der Waals surface area contributed by atoms with Gasteiger partial charge in [-0.25, -0.2) is 9.37 Å². The fraction of sp³-hybridized carbons (Fsp3) is 0.167. The van der Waals surface area contributed by atoms with Crippen molar-refractivity contribution in [2.75, 3.05) is 0 Å². The highest BCUT2D eigenvalue weighted by Gasteiger charge is 2.40. The number of rotatable bonds is 2. The molecular weight excluding hydrogens is 401 g/mol. The topological polar surface area (TPSA) is 45.8 Å². The summed E-state index contributed by atoms with van der Waals surface area (Å²) >= 11 is 2.55. The smallest absolute Gasteiger partial charge is 0.333 e. The summed E-state index contributed by atoms with van der Waals surface area (Å²) in [6.07, 6.45) is -9.97. The maximum Gasteiger partial charge on any atom is 0.454 e. The highest BCUT2D eigenvalue weighted by atomic mass is 79.9. The van der Waals surface area contributed by atoms with Crippen LogP contribution in [0.5, 0.6) is 0 Å². The van der Waals surface area contributed by atoms with Crippen LogP contribution in [-0.4, -0.2) is 21.9 Å². The van der Waals surface area contributed by atoms with Crippen LogP contribution in [0.15, 0.2) is 22.8 Å². The van der Waals surface area contributed by atoms with Gasteiger partial charge in [-0.1, -0.05) is 6.07 Å². The number of alkyl halides is 6. The van der Waals surface area contributed by atoms with E-state index in [9.17, 15) is 35.5 Å². The highest BCUT2D eigenvalue weighted by molar-refractivity contribution is 9.10. The monoisotopic (exact) mass is 404 g/mol. The van der Waals surface area contributed by atoms with Gasteiger partial charge < -0.3 is 4.98 Å². The zero-order valence-electron chi connectivity index (χ0n) is 10.6. The van der Waals surface area contributed by atoms with Crippen molar-refractivity contribution in [2.45, 2.75) is 12.4 Å². The number of halogens is 8. The molecule has 1 N–H and O–H groups in total. The summed E-state index contributed by atoms with van der Waals surface area (Å²) in [4.78, 5) is 16.2. The minimum absolute atomic E-state index is 0.287. The van der Waals surface area contributed by atoms with E-state index in [1.165, 1.54) is 0 Å². The fourth-order valence-electron chi connectivity index (χ4n) is 1.68. The van der Waals surface area contributed by atoms with E-state index in [2.05, 4.69) is 20.9 Å². The van der Waals surface area contributed by atoms with E-state index < -0.39 is 51.2 Å². The third-order valence-electron chi connectivity index (χ3n) is 2.69. The van der Waals surface area contributed by atoms with E-state index >= 15 is 0 Å². The van der Waals surface area contributed by atoms with Crippen LogP contribution < -0.4 is 0 Å². The molecule has 11 heteroatoms. The number of nitrogens with one attached hydrogen (secondary N) is 1. The molecule has 1 heterocycles. The SMILES string of the molecule is O=C(c1ccc(-c2nc(Br)c(C(F)(F)F)[nH]2)c(F)c1)C(F)(F)F. The molecular formula is C12H4BrF7N2O. The highest BCUT2D eigenvalue weighted by Crippen LogP contribution is 2.35. The lowest BCUT2D eigenvalue weighted by molar-refractivity contribution is -0.141. The number of ketones is 1. The van der Waals surface area contributed by atoms with Crippen molar-refractivity contribution in [3.8, 4) is 11.4 Å². The van der Waals surface area contributed by atoms with Crippen LogP contribution in [0.3, 0.4) is 0 Å². The number of Topliss-reactive ketones (excluding diaryl/α,β-unsaturated/α-hetero) is 1. The summed E-state index contributed by atoms with van der Waals surface area (Å²) in [5, 5.41) is 0. The van der Waals surface area contributed by atoms with Crippen molar-refractivity contribution < 1.29 is 35.5 Å². The predicted octanol–water partition coefficient (Wildman–Crippen LogP) is 4.74. The molecule has 0 saturated heterocycles. The molecule has 0 unspecified atom stereocenters. The standard InChI is InChI=1S/C12H4BrF7N2O/c13-9-7(11(15,16)17)21-10(22-9)5-2-1-4(3-6(5)14)8(23)12(18,19)20/h1-3H,(H,21,22). The number of imidazole rings is 1. The van der Waals surface area contributed by atoms with Gasteiger partial charge in [0.1, 0.15) is 16.2 Å². The van der Waals surface area contributed by atoms with E-state index in [0.717, 1.165) is 6.07 Å². The summed E-state index contributed by atoms with van der Waals surface area (Å²) in [6, 6.07) is 1.67. The van der Waals surface area contributed by atoms with E-state index in [1.54, 1.807) is 0 Å². The van der Waals surface area contributed by atoms with Crippen molar-refractivity contribution in [3.05, 3.63) is 39.9 Å². The number of carbonyl (C=O) groups excluding carboxylic acids is 1. The van der Waals surface area contributed by atoms with Crippen molar-refractivity contribution in [1.29, 1.82) is 0 Å². The average Bonchev–Trinajstić information content (AvgIpc) is 2.78. The van der Waals surface area contributed by atoms with Gasteiger partial charge in [0, 0.05) is 5.56 Å². The number of H-pyrrole nitrogens is 1. The number of benzene rings is 1. The van der Waals surface area contributed by atoms with Crippen molar-refractivity contribution in [3.63, 3.8) is 0 Å². The first-order valence-electron chi connectivity index (χ1n) is 5.65. The molecule has 1 aromatic carbocycles. The Kier molecular flexibility index (Phi) is 4.26. The summed E-state index contributed by atoms with van der Waals surface area (Å²) in [6.45, 7) is 0. The van der Waals surface area contributed by atoms with Gasteiger partial charge in [0.05, 0.1) is 5.56 Å². The second-order valence-corrected chi connectivity index (χ2v) is 5.02. The first kappa shape index (κ1) is 17.4. The molecule has 0 radical (unpaired) electrons. The summed E-state index contributed by atoms with van der Waals surface area (Å²) in [5.41, 5.74) is -2.76. The number of aromatic nitrogens is 2. The molecule has 3 nitrogen and oxygen atoms in total. The molecule has 0 bridgehead atoms. The van der Waals surface area contributed by atoms with Crippen molar-refractivity contribution in [1.82, 2.24) is 9.97 Å². The molecule has 0 atom stereocenters. The number of carbonyl (C=O) groups is 1. The number of nitrogens with zero attached hydrogens (tertiary/aromatic N) is 1. The Labute approximate surface area is 131 Å². The van der Waals surface area contributed by atoms with Crippen LogP contribution in [0.4, 0.5) is 30.7 Å². The number of aromatic amines is 1. The van der Waals surface area contributed by atoms with E-state index in [-0.39, 0.29) is 6.07 Å². The fourth-order valence-corrected chi connectivity index (χ4v) is 2.18. The van der Waals surface area contributed by atoms with Gasteiger partial charge in [0.15, 0.2) is 5.69 Å². The Morgan fingerprint density at radius 3 is 2.17 bits per heavy atom. The Hall–Kier alpha value is -1.91. The predicted molar refractivity (Wildman–Crippen MR) is 67.1 cm³/mol. The van der Waals surface area contributed by atoms with Crippen LogP contribution >= 0.6 is 15.9 Å². The molecule has 23 heavy (non-hydrogen) atoms. The van der Waals surface area contributed by atoms with E-state index in [1.807, 2.05) is 4.98 Å². The van der Waals surface area contributed by atoms with Crippen LogP contribution in [0, 0.1) is 5.82 Å². The second kappa shape index (κ2) is 5.62. The lowest BCUT2D eigenvalue weighted by atomic mass is 10.1. The zero-order valence-corrected chi connectivity index (χ0v) is 12.2. The molecule has 2 aromatic rings. The molecule has 0 saturated carbocycles. The van der Waals surface area contributed by atoms with Gasteiger partial charge in [-0.3, -0.25) is 4.79 Å². The average molecular weight is 405 g/mol. The molecule has 2 rings (SSSR count). The van der Waals surface area contributed by atoms with Gasteiger partial charge in [-0.05, 0) is 28.1 Å². The molecule has 0 aliphatic heterocycles. The Balaban J connectivity index is 2.45. The van der Waals surface area contributed by atoms with Gasteiger partial charge in [-0.15, -0.1) is 0 Å². The number of hydrogen-bond donors (Lipinski definition) is 1. The first-order chi connectivity index (χ1) is 10.4. The van der Waals surface area contributed by atoms with E-state index in [0.29, 0.717) is 6.07 Å². The van der Waals surface area contributed by atoms with Crippen LogP contribution in [0.2, 0.25) is 0 Å². The summed E-state index contributed by atoms with van der Waals surface area (Å²) in [5.74, 6) is -4.14. The van der Waals surface area contributed by atoms with Gasteiger partial charge in [-0.2, -0.15) is 26.3 Å². The first-order valence-corrected chi connectivity index (χ1v) is 6.44. The second-order valence-electron chi connectivity index (χ2n) is 4.27. The molecule has 1 aromatic heterocycles. The van der Waals surface area contributed by atoms with Crippen LogP contribution in [-0.2, 0) is 6.18 Å². The molecule has 0 aliphatic rings. The summed E-state index contributed by atoms with van der Waals surface area (Å²) < 4.78 is 87.8. The zero-order chi connectivity index (χ0) is 17.6. The molecule has 124 valence electrons. The molecule has 0 fully saturated rings. The molecule has 0 aliphatic carbocycles. The molecule has 0 amide bonds. The Morgan fingerprint density at radius 1 is 1.13 bits per heavy atom. The quantitative estimate of drug-likeness (QED) is 0.580. The Morgan fingerprint density at radius 2 is 1.74 bits per heavy atom. The van der Waals surface area contributed by atoms with Crippen LogP contribution in [0.1, 0.15) is 16.1 Å². The van der Waals surface area contributed by atoms with E-state index in [4.69, 9.17) is 0 Å². The largest absolute Gasteiger partial charge is 0.454 e. The third kappa shape index (κ3) is 3.54. The van der Waals surface area contributed by atoms with Gasteiger partial charge in [0.25, 0.3) is 5.78 Å². The molecule has 0 spiro atoms. The minimum atomic E-state index is -5.19. The third-order valence-corrected chi connectivity index (χ3v) is 3.26. The van der Waals surface area contributed by atoms with Gasteiger partial charge in [0.2, 0.25) is 0 Å². The maximum absolute atomic E-state index is 13.8. The van der Waals surface area contributed by atoms with Gasteiger partial charge >= 0.3 is 12.4 Å². The summed E-state index contributed by atoms with van der Waals surface area (Å²) in [7, 11) is 0. The number of hydrogen-bond acceptors (Lipinski definition) is 2. The van der Waals surface area contributed by atoms with Crippen molar-refractivity contribution >= 4 is 21.7 Å². The Bertz CT molecular complexity index is 764. The lowest BCUT2D eigenvalue weighted by Crippen LogP contribution is -2.22. The minimum Gasteiger partial charge on any atom is -0.333 e. The van der Waals surface area contributed by atoms with Crippen molar-refractivity contribution in [2.24, 2.45) is 0 Å². The van der Waals surface area contributed by atoms with Crippen LogP contribution in [0.25, 0.3) is 11.4 Å². The normalized spacial score (nSPS) is 12.5. The maximum atomic E-state index is 13.8. The lowest BCUT2D eigenvalue weighted by Gasteiger charge is -2.07.